The normalized spacial score (nSPS) is 10.4. The van der Waals surface area contributed by atoms with E-state index in [4.69, 9.17) is 0 Å². The largest absolute Gasteiger partial charge is 0.338 e. The lowest BCUT2D eigenvalue weighted by Crippen LogP contribution is -2.43. The van der Waals surface area contributed by atoms with Crippen molar-refractivity contribution in [2.24, 2.45) is 0 Å². The van der Waals surface area contributed by atoms with Crippen LogP contribution < -0.4 is 51.2 Å². The van der Waals surface area contributed by atoms with Crippen molar-refractivity contribution in [3.05, 3.63) is 203 Å². The Morgan fingerprint density at radius 3 is 1.28 bits per heavy atom. The molecule has 0 amide bonds. The van der Waals surface area contributed by atoms with E-state index in [-0.39, 0.29) is 6.54 Å². The first-order valence-electron chi connectivity index (χ1n) is 14.4. The number of hydrogen-bond donors (Lipinski definition) is 6. The monoisotopic (exact) mass is 679 g/mol. The summed E-state index contributed by atoms with van der Waals surface area (Å²) in [7, 11) is 0. The summed E-state index contributed by atoms with van der Waals surface area (Å²) in [4.78, 5) is 113. The summed E-state index contributed by atoms with van der Waals surface area (Å²) in [5.41, 5.74) is -5.25. The molecule has 7 aromatic rings. The third kappa shape index (κ3) is 8.01. The topological polar surface area (TPSA) is 263 Å². The molecular formula is C32H25N9O9. The minimum absolute atomic E-state index is 0.131. The molecule has 0 fully saturated rings. The van der Waals surface area contributed by atoms with E-state index >= 15 is 0 Å². The number of nitrogens with zero attached hydrogens (tertiary/aromatic N) is 3. The second-order valence-corrected chi connectivity index (χ2v) is 10.2. The number of benzene rings is 4. The predicted octanol–water partition coefficient (Wildman–Crippen LogP) is -1.15. The van der Waals surface area contributed by atoms with Crippen LogP contribution in [-0.2, 0) is 6.54 Å². The Morgan fingerprint density at radius 2 is 0.780 bits per heavy atom. The molecule has 7 rings (SSSR count). The molecule has 0 spiro atoms. The van der Waals surface area contributed by atoms with Crippen LogP contribution in [0.5, 0.6) is 0 Å². The Balaban J connectivity index is 0.000000147. The van der Waals surface area contributed by atoms with Gasteiger partial charge in [0.1, 0.15) is 0 Å². The van der Waals surface area contributed by atoms with Crippen molar-refractivity contribution in [2.45, 2.75) is 6.54 Å². The van der Waals surface area contributed by atoms with Gasteiger partial charge in [0.15, 0.2) is 0 Å². The molecule has 0 radical (unpaired) electrons. The Bertz CT molecular complexity index is 2740. The highest BCUT2D eigenvalue weighted by molar-refractivity contribution is 5.84. The summed E-state index contributed by atoms with van der Waals surface area (Å²) < 4.78 is 2.66. The highest BCUT2D eigenvalue weighted by Crippen LogP contribution is 2.16. The van der Waals surface area contributed by atoms with E-state index in [2.05, 4.69) is 0 Å². The van der Waals surface area contributed by atoms with E-state index in [1.54, 1.807) is 66.7 Å². The van der Waals surface area contributed by atoms with Crippen LogP contribution in [0.15, 0.2) is 146 Å². The zero-order valence-electron chi connectivity index (χ0n) is 25.5. The number of aromatic amines is 6. The SMILES string of the molecule is O=c1[nH]c(=O)n(-c2ccc3ccccc3c2)c(=O)[nH]1.O=c1[nH]c(=O)n(-c2ccccc2)c(=O)[nH]1.O=c1[nH]c(=O)n(Cc2ccccc2)c(=O)[nH]1. The minimum Gasteiger partial charge on any atom is -0.259 e. The van der Waals surface area contributed by atoms with Crippen LogP contribution in [0.4, 0.5) is 0 Å². The maximum atomic E-state index is 11.7. The van der Waals surface area contributed by atoms with Crippen LogP contribution in [-0.4, -0.2) is 43.6 Å². The molecule has 6 N–H and O–H groups in total. The summed E-state index contributed by atoms with van der Waals surface area (Å²) in [6, 6.07) is 30.1. The summed E-state index contributed by atoms with van der Waals surface area (Å²) in [6.45, 7) is 0.131. The molecule has 50 heavy (non-hydrogen) atoms. The van der Waals surface area contributed by atoms with Gasteiger partial charge in [-0.05, 0) is 40.6 Å². The Morgan fingerprint density at radius 1 is 0.380 bits per heavy atom. The molecule has 18 heteroatoms. The van der Waals surface area contributed by atoms with Crippen LogP contribution in [0, 0.1) is 0 Å². The Labute approximate surface area is 275 Å². The maximum absolute atomic E-state index is 11.7. The predicted molar refractivity (Wildman–Crippen MR) is 182 cm³/mol. The van der Waals surface area contributed by atoms with Crippen LogP contribution in [0.2, 0.25) is 0 Å². The first-order valence-corrected chi connectivity index (χ1v) is 14.4. The van der Waals surface area contributed by atoms with E-state index in [9.17, 15) is 43.2 Å². The highest BCUT2D eigenvalue weighted by Gasteiger charge is 2.07. The molecule has 0 bridgehead atoms. The van der Waals surface area contributed by atoms with Gasteiger partial charge in [0.05, 0.1) is 17.9 Å². The molecule has 4 aromatic carbocycles. The number of hydrogen-bond acceptors (Lipinski definition) is 9. The zero-order valence-corrected chi connectivity index (χ0v) is 25.5. The van der Waals surface area contributed by atoms with E-state index in [0.29, 0.717) is 11.4 Å². The van der Waals surface area contributed by atoms with Gasteiger partial charge in [0, 0.05) is 0 Å². The fraction of sp³-hybridized carbons (Fsp3) is 0.0312. The van der Waals surface area contributed by atoms with Crippen molar-refractivity contribution in [1.29, 1.82) is 0 Å². The molecule has 3 heterocycles. The average molecular weight is 680 g/mol. The maximum Gasteiger partial charge on any atom is 0.338 e. The van der Waals surface area contributed by atoms with Crippen LogP contribution >= 0.6 is 0 Å². The van der Waals surface area contributed by atoms with E-state index in [1.165, 1.54) is 0 Å². The Kier molecular flexibility index (Phi) is 10.0. The molecule has 0 saturated carbocycles. The van der Waals surface area contributed by atoms with Crippen LogP contribution in [0.3, 0.4) is 0 Å². The highest BCUT2D eigenvalue weighted by atomic mass is 16.2. The zero-order chi connectivity index (χ0) is 35.8. The minimum atomic E-state index is -0.813. The number of nitrogens with one attached hydrogen (secondary N) is 6. The van der Waals surface area contributed by atoms with E-state index in [0.717, 1.165) is 30.0 Å². The van der Waals surface area contributed by atoms with Crippen LogP contribution in [0.25, 0.3) is 22.1 Å². The molecule has 0 aliphatic carbocycles. The first-order chi connectivity index (χ1) is 24.0. The molecule has 18 nitrogen and oxygen atoms in total. The lowest BCUT2D eigenvalue weighted by molar-refractivity contribution is 0.653. The summed E-state index contributed by atoms with van der Waals surface area (Å²) >= 11 is 0. The smallest absolute Gasteiger partial charge is 0.259 e. The van der Waals surface area contributed by atoms with Gasteiger partial charge in [-0.2, -0.15) is 0 Å². The number of H-pyrrole nitrogens is 6. The lowest BCUT2D eigenvalue weighted by atomic mass is 10.1. The molecule has 0 aliphatic rings. The quantitative estimate of drug-likeness (QED) is 0.131. The molecule has 3 aromatic heterocycles. The second-order valence-electron chi connectivity index (χ2n) is 10.2. The Hall–Kier alpha value is -7.63. The van der Waals surface area contributed by atoms with Gasteiger partial charge < -0.3 is 0 Å². The fourth-order valence-corrected chi connectivity index (χ4v) is 4.58. The summed E-state index contributed by atoms with van der Waals surface area (Å²) in [6.07, 6.45) is 0. The van der Waals surface area contributed by atoms with Gasteiger partial charge in [0.2, 0.25) is 0 Å². The fourth-order valence-electron chi connectivity index (χ4n) is 4.58. The summed E-state index contributed by atoms with van der Waals surface area (Å²) in [5.74, 6) is 0. The molecular weight excluding hydrogens is 654 g/mol. The number of fused-ring (bicyclic) bond motifs is 1. The molecule has 0 aliphatic heterocycles. The third-order valence-corrected chi connectivity index (χ3v) is 6.81. The van der Waals surface area contributed by atoms with Gasteiger partial charge in [-0.25, -0.2) is 56.9 Å². The van der Waals surface area contributed by atoms with Crippen molar-refractivity contribution < 1.29 is 0 Å². The summed E-state index contributed by atoms with van der Waals surface area (Å²) in [5, 5.41) is 1.90. The van der Waals surface area contributed by atoms with Gasteiger partial charge in [0.25, 0.3) is 0 Å². The van der Waals surface area contributed by atoms with Crippen molar-refractivity contribution in [1.82, 2.24) is 43.6 Å². The van der Waals surface area contributed by atoms with Crippen molar-refractivity contribution >= 4 is 10.8 Å². The number of rotatable bonds is 4. The van der Waals surface area contributed by atoms with E-state index < -0.39 is 51.2 Å². The number of aromatic nitrogens is 9. The molecule has 0 saturated heterocycles. The first kappa shape index (κ1) is 33.7. The standard InChI is InChI=1S/C13H9N3O3.C10H9N3O3.C9H7N3O3/c17-11-14-12(18)16(13(19)15-11)10-6-5-8-3-1-2-4-9(8)7-10;14-8-11-9(15)13(10(16)12-8)6-7-4-2-1-3-5-7;13-7-10-8(14)12(9(15)11-7)6-4-2-1-3-5-6/h1-7H,(H2,14,15,17,18,19);1-5H,6H2,(H2,11,12,14,15,16);1-5H,(H2,10,11,13,14,15). The lowest BCUT2D eigenvalue weighted by Gasteiger charge is -2.04. The van der Waals surface area contributed by atoms with E-state index in [1.807, 2.05) is 66.3 Å². The van der Waals surface area contributed by atoms with Gasteiger partial charge in [-0.15, -0.1) is 0 Å². The van der Waals surface area contributed by atoms with Crippen molar-refractivity contribution in [3.63, 3.8) is 0 Å². The molecule has 252 valence electrons. The third-order valence-electron chi connectivity index (χ3n) is 6.81. The van der Waals surface area contributed by atoms with Gasteiger partial charge in [-0.3, -0.25) is 29.9 Å². The van der Waals surface area contributed by atoms with Gasteiger partial charge in [-0.1, -0.05) is 78.9 Å². The average Bonchev–Trinajstić information content (AvgIpc) is 3.07. The second kappa shape index (κ2) is 14.9. The van der Waals surface area contributed by atoms with Crippen molar-refractivity contribution in [3.8, 4) is 11.4 Å². The molecule has 0 atom stereocenters. The van der Waals surface area contributed by atoms with Crippen LogP contribution in [0.1, 0.15) is 5.56 Å². The van der Waals surface area contributed by atoms with Gasteiger partial charge >= 0.3 is 51.2 Å². The van der Waals surface area contributed by atoms with Crippen molar-refractivity contribution in [2.75, 3.05) is 0 Å². The number of para-hydroxylation sites is 1. The molecule has 0 unspecified atom stereocenters.